The van der Waals surface area contributed by atoms with Crippen molar-refractivity contribution < 1.29 is 0 Å². The molecule has 5 nitrogen and oxygen atoms in total. The highest BCUT2D eigenvalue weighted by Crippen LogP contribution is 2.22. The van der Waals surface area contributed by atoms with E-state index in [9.17, 15) is 0 Å². The van der Waals surface area contributed by atoms with Crippen LogP contribution in [0.5, 0.6) is 0 Å². The molecular formula is C13H14ClN5S. The summed E-state index contributed by atoms with van der Waals surface area (Å²) in [4.78, 5) is 0. The van der Waals surface area contributed by atoms with Crippen molar-refractivity contribution in [2.24, 2.45) is 0 Å². The van der Waals surface area contributed by atoms with Gasteiger partial charge < -0.3 is 9.88 Å². The number of halogens is 1. The number of para-hydroxylation sites is 1. The predicted octanol–water partition coefficient (Wildman–Crippen LogP) is 3.18. The van der Waals surface area contributed by atoms with Gasteiger partial charge in [0.25, 0.3) is 0 Å². The lowest BCUT2D eigenvalue weighted by Gasteiger charge is -2.09. The van der Waals surface area contributed by atoms with Crippen LogP contribution in [0.25, 0.3) is 0 Å². The Morgan fingerprint density at radius 3 is 2.90 bits per heavy atom. The highest BCUT2D eigenvalue weighted by Gasteiger charge is 2.11. The molecule has 0 aliphatic carbocycles. The molecule has 0 bridgehead atoms. The predicted molar refractivity (Wildman–Crippen MR) is 80.8 cm³/mol. The van der Waals surface area contributed by atoms with Crippen LogP contribution in [0, 0.1) is 11.3 Å². The van der Waals surface area contributed by atoms with Crippen molar-refractivity contribution in [3.8, 4) is 6.07 Å². The maximum absolute atomic E-state index is 8.63. The Kier molecular flexibility index (Phi) is 5.27. The van der Waals surface area contributed by atoms with E-state index in [1.807, 2.05) is 35.8 Å². The average molecular weight is 308 g/mol. The van der Waals surface area contributed by atoms with Crippen LogP contribution < -0.4 is 5.32 Å². The SMILES string of the molecule is CCn1c(CNc2ccccc2Cl)nnc1SCC#N. The zero-order valence-electron chi connectivity index (χ0n) is 11.0. The number of thioether (sulfide) groups is 1. The van der Waals surface area contributed by atoms with Crippen LogP contribution in [-0.4, -0.2) is 20.5 Å². The summed E-state index contributed by atoms with van der Waals surface area (Å²) in [6, 6.07) is 9.65. The summed E-state index contributed by atoms with van der Waals surface area (Å²) in [5.41, 5.74) is 0.867. The molecule has 2 aromatic rings. The van der Waals surface area contributed by atoms with Crippen LogP contribution in [0.2, 0.25) is 5.02 Å². The number of nitrogens with one attached hydrogen (secondary N) is 1. The van der Waals surface area contributed by atoms with Gasteiger partial charge in [0.05, 0.1) is 29.1 Å². The first kappa shape index (κ1) is 14.7. The van der Waals surface area contributed by atoms with E-state index in [0.717, 1.165) is 23.2 Å². The molecule has 1 N–H and O–H groups in total. The smallest absolute Gasteiger partial charge is 0.192 e. The number of nitrogens with zero attached hydrogens (tertiary/aromatic N) is 4. The minimum Gasteiger partial charge on any atom is -0.377 e. The van der Waals surface area contributed by atoms with Crippen molar-refractivity contribution in [1.29, 1.82) is 5.26 Å². The van der Waals surface area contributed by atoms with E-state index >= 15 is 0 Å². The van der Waals surface area contributed by atoms with E-state index in [2.05, 4.69) is 21.6 Å². The monoisotopic (exact) mass is 307 g/mol. The maximum atomic E-state index is 8.63. The molecule has 1 heterocycles. The number of hydrogen-bond donors (Lipinski definition) is 1. The van der Waals surface area contributed by atoms with Gasteiger partial charge in [0.1, 0.15) is 0 Å². The van der Waals surface area contributed by atoms with Gasteiger partial charge in [-0.05, 0) is 19.1 Å². The zero-order valence-corrected chi connectivity index (χ0v) is 12.6. The van der Waals surface area contributed by atoms with Crippen LogP contribution in [-0.2, 0) is 13.1 Å². The largest absolute Gasteiger partial charge is 0.377 e. The van der Waals surface area contributed by atoms with Gasteiger partial charge in [0.2, 0.25) is 0 Å². The second-order valence-electron chi connectivity index (χ2n) is 3.92. The van der Waals surface area contributed by atoms with E-state index in [1.165, 1.54) is 11.8 Å². The highest BCUT2D eigenvalue weighted by atomic mass is 35.5. The molecule has 0 spiro atoms. The van der Waals surface area contributed by atoms with E-state index in [4.69, 9.17) is 16.9 Å². The molecule has 0 saturated carbocycles. The first-order valence-electron chi connectivity index (χ1n) is 6.16. The molecule has 20 heavy (non-hydrogen) atoms. The number of anilines is 1. The lowest BCUT2D eigenvalue weighted by atomic mass is 10.3. The summed E-state index contributed by atoms with van der Waals surface area (Å²) >= 11 is 7.48. The number of hydrogen-bond acceptors (Lipinski definition) is 5. The molecule has 1 aromatic heterocycles. The standard InChI is InChI=1S/C13H14ClN5S/c1-2-19-12(17-18-13(19)20-8-7-15)9-16-11-6-4-3-5-10(11)14/h3-6,16H,2,8-9H2,1H3. The number of nitriles is 1. The van der Waals surface area contributed by atoms with Gasteiger partial charge in [-0.3, -0.25) is 0 Å². The Labute approximate surface area is 127 Å². The van der Waals surface area contributed by atoms with Crippen LogP contribution in [0.4, 0.5) is 5.69 Å². The topological polar surface area (TPSA) is 66.5 Å². The maximum Gasteiger partial charge on any atom is 0.192 e. The summed E-state index contributed by atoms with van der Waals surface area (Å²) < 4.78 is 1.99. The van der Waals surface area contributed by atoms with E-state index in [-0.39, 0.29) is 0 Å². The van der Waals surface area contributed by atoms with Crippen LogP contribution >= 0.6 is 23.4 Å². The molecule has 0 fully saturated rings. The molecule has 0 aliphatic heterocycles. The van der Waals surface area contributed by atoms with Gasteiger partial charge in [0, 0.05) is 6.54 Å². The van der Waals surface area contributed by atoms with Crippen molar-refractivity contribution in [2.75, 3.05) is 11.1 Å². The fourth-order valence-electron chi connectivity index (χ4n) is 1.75. The molecule has 0 unspecified atom stereocenters. The number of aromatic nitrogens is 3. The fourth-order valence-corrected chi connectivity index (χ4v) is 2.63. The molecule has 0 radical (unpaired) electrons. The fraction of sp³-hybridized carbons (Fsp3) is 0.308. The summed E-state index contributed by atoms with van der Waals surface area (Å²) in [6.45, 7) is 3.33. The Morgan fingerprint density at radius 2 is 2.20 bits per heavy atom. The van der Waals surface area contributed by atoms with Crippen LogP contribution in [0.3, 0.4) is 0 Å². The van der Waals surface area contributed by atoms with Crippen molar-refractivity contribution in [2.45, 2.75) is 25.2 Å². The van der Waals surface area contributed by atoms with Gasteiger partial charge >= 0.3 is 0 Å². The van der Waals surface area contributed by atoms with Gasteiger partial charge in [-0.2, -0.15) is 5.26 Å². The molecule has 0 amide bonds. The van der Waals surface area contributed by atoms with Crippen LogP contribution in [0.15, 0.2) is 29.4 Å². The third kappa shape index (κ3) is 3.44. The summed E-state index contributed by atoms with van der Waals surface area (Å²) in [5.74, 6) is 1.20. The molecule has 7 heteroatoms. The second kappa shape index (κ2) is 7.17. The second-order valence-corrected chi connectivity index (χ2v) is 5.27. The molecule has 104 valence electrons. The van der Waals surface area contributed by atoms with Gasteiger partial charge in [-0.1, -0.05) is 35.5 Å². The summed E-state index contributed by atoms with van der Waals surface area (Å²) in [5, 5.41) is 21.6. The Morgan fingerprint density at radius 1 is 1.40 bits per heavy atom. The lowest BCUT2D eigenvalue weighted by molar-refractivity contribution is 0.649. The van der Waals surface area contributed by atoms with E-state index in [0.29, 0.717) is 17.3 Å². The lowest BCUT2D eigenvalue weighted by Crippen LogP contribution is -2.09. The molecule has 0 aliphatic rings. The minimum absolute atomic E-state index is 0.371. The number of benzene rings is 1. The summed E-state index contributed by atoms with van der Waals surface area (Å²) in [7, 11) is 0. The molecule has 0 atom stereocenters. The first-order chi connectivity index (χ1) is 9.76. The number of rotatable bonds is 6. The summed E-state index contributed by atoms with van der Waals surface area (Å²) in [6.07, 6.45) is 0. The average Bonchev–Trinajstić information content (AvgIpc) is 2.86. The third-order valence-electron chi connectivity index (χ3n) is 2.69. The van der Waals surface area contributed by atoms with Crippen molar-refractivity contribution in [3.63, 3.8) is 0 Å². The van der Waals surface area contributed by atoms with Gasteiger partial charge in [-0.15, -0.1) is 10.2 Å². The molecular weight excluding hydrogens is 294 g/mol. The third-order valence-corrected chi connectivity index (χ3v) is 3.85. The quantitative estimate of drug-likeness (QED) is 0.830. The normalized spacial score (nSPS) is 10.2. The van der Waals surface area contributed by atoms with E-state index in [1.54, 1.807) is 0 Å². The molecule has 2 rings (SSSR count). The van der Waals surface area contributed by atoms with Crippen molar-refractivity contribution in [1.82, 2.24) is 14.8 Å². The Balaban J connectivity index is 2.08. The van der Waals surface area contributed by atoms with Crippen LogP contribution in [0.1, 0.15) is 12.7 Å². The minimum atomic E-state index is 0.371. The van der Waals surface area contributed by atoms with E-state index < -0.39 is 0 Å². The Hall–Kier alpha value is -1.71. The first-order valence-corrected chi connectivity index (χ1v) is 7.52. The van der Waals surface area contributed by atoms with Crippen molar-refractivity contribution in [3.05, 3.63) is 35.1 Å². The zero-order chi connectivity index (χ0) is 14.4. The Bertz CT molecular complexity index is 619. The highest BCUT2D eigenvalue weighted by molar-refractivity contribution is 7.99. The molecule has 1 aromatic carbocycles. The molecule has 0 saturated heterocycles. The van der Waals surface area contributed by atoms with Gasteiger partial charge in [-0.25, -0.2) is 0 Å². The van der Waals surface area contributed by atoms with Crippen molar-refractivity contribution >= 4 is 29.1 Å². The van der Waals surface area contributed by atoms with Gasteiger partial charge in [0.15, 0.2) is 11.0 Å².